The van der Waals surface area contributed by atoms with Gasteiger partial charge in [0.05, 0.1) is 23.4 Å². The summed E-state index contributed by atoms with van der Waals surface area (Å²) < 4.78 is 8.50. The van der Waals surface area contributed by atoms with Gasteiger partial charge in [0.25, 0.3) is 11.5 Å². The Morgan fingerprint density at radius 2 is 1.65 bits per heavy atom. The van der Waals surface area contributed by atoms with Gasteiger partial charge in [-0.05, 0) is 43.3 Å². The first-order valence-corrected chi connectivity index (χ1v) is 11.7. The fraction of sp³-hybridized carbons (Fsp3) is 0.143. The normalized spacial score (nSPS) is 14.1. The van der Waals surface area contributed by atoms with E-state index < -0.39 is 18.0 Å². The molecule has 9 heteroatoms. The summed E-state index contributed by atoms with van der Waals surface area (Å²) in [5, 5.41) is 5.47. The highest BCUT2D eigenvalue weighted by atomic mass is 16.5. The average Bonchev–Trinajstić information content (AvgIpc) is 3.32. The number of para-hydroxylation sites is 1. The van der Waals surface area contributed by atoms with Crippen LogP contribution in [0.4, 0.5) is 11.4 Å². The smallest absolute Gasteiger partial charge is 0.339 e. The lowest BCUT2D eigenvalue weighted by Crippen LogP contribution is -2.23. The van der Waals surface area contributed by atoms with Crippen LogP contribution in [0.3, 0.4) is 0 Å². The molecule has 186 valence electrons. The van der Waals surface area contributed by atoms with Crippen LogP contribution in [0.5, 0.6) is 0 Å². The van der Waals surface area contributed by atoms with Crippen molar-refractivity contribution in [2.45, 2.75) is 19.4 Å². The number of esters is 1. The predicted octanol–water partition coefficient (Wildman–Crippen LogP) is 3.98. The fourth-order valence-corrected chi connectivity index (χ4v) is 4.39. The number of nitrogens with zero attached hydrogens (tertiary/aromatic N) is 2. The van der Waals surface area contributed by atoms with Crippen molar-refractivity contribution in [2.75, 3.05) is 10.6 Å². The molecular formula is C28H24N4O5. The molecule has 1 aromatic heterocycles. The minimum absolute atomic E-state index is 0.0542. The third-order valence-corrected chi connectivity index (χ3v) is 6.35. The third-order valence-electron chi connectivity index (χ3n) is 6.35. The Morgan fingerprint density at radius 1 is 0.919 bits per heavy atom. The number of aromatic nitrogens is 2. The summed E-state index contributed by atoms with van der Waals surface area (Å²) in [4.78, 5) is 50.8. The van der Waals surface area contributed by atoms with Crippen LogP contribution in [0.2, 0.25) is 0 Å². The summed E-state index contributed by atoms with van der Waals surface area (Å²) in [5.41, 5.74) is 2.91. The molecule has 0 spiro atoms. The molecule has 9 nitrogen and oxygen atoms in total. The molecule has 37 heavy (non-hydrogen) atoms. The van der Waals surface area contributed by atoms with E-state index in [1.54, 1.807) is 61.1 Å². The van der Waals surface area contributed by atoms with Crippen LogP contribution in [0, 0.1) is 6.92 Å². The first kappa shape index (κ1) is 23.8. The minimum Gasteiger partial charge on any atom is -0.453 e. The van der Waals surface area contributed by atoms with Gasteiger partial charge in [-0.25, -0.2) is 9.48 Å². The number of carbonyl (C=O) groups is 3. The molecule has 0 bridgehead atoms. The third kappa shape index (κ3) is 4.54. The first-order chi connectivity index (χ1) is 17.8. The van der Waals surface area contributed by atoms with E-state index >= 15 is 0 Å². The van der Waals surface area contributed by atoms with E-state index in [0.29, 0.717) is 28.2 Å². The standard InChI is InChI=1S/C28H24N4O5/c1-17-25(27(35)32(31(17)2)20-11-4-3-5-12-20)30-26(34)18-9-8-10-19(15-18)29-24(33)16-23-21-13-6-7-14-22(21)28(36)37-23/h3-15,23H,16H2,1-2H3,(H,29,33)(H,30,34)/t23-/m0/s1. The van der Waals surface area contributed by atoms with Gasteiger partial charge >= 0.3 is 5.97 Å². The summed E-state index contributed by atoms with van der Waals surface area (Å²) in [6.07, 6.45) is -0.718. The highest BCUT2D eigenvalue weighted by Gasteiger charge is 2.32. The summed E-state index contributed by atoms with van der Waals surface area (Å²) in [6, 6.07) is 22.5. The van der Waals surface area contributed by atoms with Crippen molar-refractivity contribution in [2.24, 2.45) is 7.05 Å². The molecule has 0 saturated carbocycles. The molecule has 1 aliphatic rings. The zero-order chi connectivity index (χ0) is 26.1. The number of cyclic esters (lactones) is 1. The van der Waals surface area contributed by atoms with Gasteiger partial charge in [0.1, 0.15) is 11.8 Å². The highest BCUT2D eigenvalue weighted by Crippen LogP contribution is 2.33. The second kappa shape index (κ2) is 9.62. The Labute approximate surface area is 212 Å². The molecule has 0 fully saturated rings. The zero-order valence-corrected chi connectivity index (χ0v) is 20.2. The summed E-state index contributed by atoms with van der Waals surface area (Å²) in [7, 11) is 1.75. The van der Waals surface area contributed by atoms with Crippen molar-refractivity contribution in [3.8, 4) is 5.69 Å². The first-order valence-electron chi connectivity index (χ1n) is 11.7. The lowest BCUT2D eigenvalue weighted by Gasteiger charge is -2.12. The maximum absolute atomic E-state index is 13.1. The number of ether oxygens (including phenoxy) is 1. The topological polar surface area (TPSA) is 111 Å². The van der Waals surface area contributed by atoms with Gasteiger partial charge in [0.15, 0.2) is 0 Å². The van der Waals surface area contributed by atoms with Gasteiger partial charge < -0.3 is 15.4 Å². The van der Waals surface area contributed by atoms with Crippen LogP contribution in [-0.4, -0.2) is 27.1 Å². The average molecular weight is 497 g/mol. The van der Waals surface area contributed by atoms with Crippen molar-refractivity contribution in [1.82, 2.24) is 9.36 Å². The van der Waals surface area contributed by atoms with Crippen LogP contribution in [0.1, 0.15) is 44.5 Å². The molecule has 0 unspecified atom stereocenters. The fourth-order valence-electron chi connectivity index (χ4n) is 4.39. The van der Waals surface area contributed by atoms with Crippen molar-refractivity contribution >= 4 is 29.2 Å². The molecule has 1 aliphatic heterocycles. The predicted molar refractivity (Wildman–Crippen MR) is 138 cm³/mol. The van der Waals surface area contributed by atoms with Crippen molar-refractivity contribution in [1.29, 1.82) is 0 Å². The number of hydrogen-bond acceptors (Lipinski definition) is 5. The van der Waals surface area contributed by atoms with Gasteiger partial charge in [-0.1, -0.05) is 42.5 Å². The molecular weight excluding hydrogens is 472 g/mol. The van der Waals surface area contributed by atoms with E-state index in [-0.39, 0.29) is 29.1 Å². The largest absolute Gasteiger partial charge is 0.453 e. The van der Waals surface area contributed by atoms with Crippen molar-refractivity contribution < 1.29 is 19.1 Å². The molecule has 1 atom stereocenters. The quantitative estimate of drug-likeness (QED) is 0.392. The zero-order valence-electron chi connectivity index (χ0n) is 20.2. The monoisotopic (exact) mass is 496 g/mol. The minimum atomic E-state index is -0.664. The molecule has 5 rings (SSSR count). The number of carbonyl (C=O) groups excluding carboxylic acids is 3. The Hall–Kier alpha value is -4.92. The van der Waals surface area contributed by atoms with E-state index in [1.807, 2.05) is 30.3 Å². The van der Waals surface area contributed by atoms with E-state index in [2.05, 4.69) is 10.6 Å². The van der Waals surface area contributed by atoms with Crippen molar-refractivity contribution in [3.05, 3.63) is 112 Å². The van der Waals surface area contributed by atoms with Crippen LogP contribution < -0.4 is 16.2 Å². The number of rotatable bonds is 6. The Morgan fingerprint density at radius 3 is 2.43 bits per heavy atom. The molecule has 2 N–H and O–H groups in total. The van der Waals surface area contributed by atoms with Crippen LogP contribution >= 0.6 is 0 Å². The molecule has 0 saturated heterocycles. The molecule has 2 heterocycles. The van der Waals surface area contributed by atoms with E-state index in [0.717, 1.165) is 0 Å². The SMILES string of the molecule is Cc1c(NC(=O)c2cccc(NC(=O)C[C@@H]3OC(=O)c4ccccc43)c2)c(=O)n(-c2ccccc2)n1C. The van der Waals surface area contributed by atoms with E-state index in [1.165, 1.54) is 10.7 Å². The van der Waals surface area contributed by atoms with Gasteiger partial charge in [-0.15, -0.1) is 0 Å². The molecule has 2 amide bonds. The summed E-state index contributed by atoms with van der Waals surface area (Å²) >= 11 is 0. The van der Waals surface area contributed by atoms with Crippen LogP contribution in [0.25, 0.3) is 5.69 Å². The number of fused-ring (bicyclic) bond motifs is 1. The Balaban J connectivity index is 1.30. The number of nitrogens with one attached hydrogen (secondary N) is 2. The number of benzene rings is 3. The maximum Gasteiger partial charge on any atom is 0.339 e. The van der Waals surface area contributed by atoms with Gasteiger partial charge in [0, 0.05) is 23.9 Å². The summed E-state index contributed by atoms with van der Waals surface area (Å²) in [6.45, 7) is 1.75. The second-order valence-electron chi connectivity index (χ2n) is 8.70. The van der Waals surface area contributed by atoms with E-state index in [9.17, 15) is 19.2 Å². The Kier molecular flexibility index (Phi) is 6.19. The number of anilines is 2. The Bertz CT molecular complexity index is 1590. The van der Waals surface area contributed by atoms with Gasteiger partial charge in [-0.3, -0.25) is 19.1 Å². The molecule has 3 aromatic carbocycles. The number of amides is 2. The van der Waals surface area contributed by atoms with Crippen LogP contribution in [-0.2, 0) is 16.6 Å². The number of hydrogen-bond donors (Lipinski definition) is 2. The van der Waals surface area contributed by atoms with Gasteiger partial charge in [-0.2, -0.15) is 0 Å². The highest BCUT2D eigenvalue weighted by molar-refractivity contribution is 6.05. The summed E-state index contributed by atoms with van der Waals surface area (Å²) in [5.74, 6) is -1.30. The molecule has 4 aromatic rings. The molecule has 0 radical (unpaired) electrons. The second-order valence-corrected chi connectivity index (χ2v) is 8.70. The molecule has 0 aliphatic carbocycles. The lowest BCUT2D eigenvalue weighted by molar-refractivity contribution is -0.118. The van der Waals surface area contributed by atoms with Crippen molar-refractivity contribution in [3.63, 3.8) is 0 Å². The van der Waals surface area contributed by atoms with Crippen LogP contribution in [0.15, 0.2) is 83.7 Å². The van der Waals surface area contributed by atoms with E-state index in [4.69, 9.17) is 4.74 Å². The lowest BCUT2D eigenvalue weighted by atomic mass is 10.0. The van der Waals surface area contributed by atoms with Gasteiger partial charge in [0.2, 0.25) is 5.91 Å². The maximum atomic E-state index is 13.1.